The van der Waals surface area contributed by atoms with E-state index in [2.05, 4.69) is 270 Å². The first-order valence-corrected chi connectivity index (χ1v) is 26.5. The molecule has 1 aromatic heterocycles. The van der Waals surface area contributed by atoms with Gasteiger partial charge in [-0.1, -0.05) is 198 Å². The Morgan fingerprint density at radius 1 is 0.486 bits per heavy atom. The van der Waals surface area contributed by atoms with Gasteiger partial charge in [0.25, 0.3) is 6.71 Å². The number of thiophene rings is 1. The van der Waals surface area contributed by atoms with Crippen LogP contribution in [0.25, 0.3) is 44.5 Å². The summed E-state index contributed by atoms with van der Waals surface area (Å²) < 4.78 is 1.40. The quantitative estimate of drug-likeness (QED) is 0.159. The molecule has 4 heteroatoms. The zero-order valence-corrected chi connectivity index (χ0v) is 42.8. The number of rotatable bonds is 5. The molecule has 9 aromatic carbocycles. The average Bonchev–Trinajstić information content (AvgIpc) is 4.02. The van der Waals surface area contributed by atoms with Gasteiger partial charge in [-0.05, 0) is 151 Å². The monoisotopic (exact) mass is 942 g/mol. The van der Waals surface area contributed by atoms with Crippen molar-refractivity contribution < 1.29 is 0 Å². The Hall–Kier alpha value is -7.66. The highest BCUT2D eigenvalue weighted by Gasteiger charge is 2.57. The van der Waals surface area contributed by atoms with E-state index in [4.69, 9.17) is 0 Å². The normalized spacial score (nSPS) is 14.2. The number of hydrogen-bond donors (Lipinski definition) is 0. The summed E-state index contributed by atoms with van der Waals surface area (Å²) in [6, 6.07) is 76.8. The molecule has 0 fully saturated rings. The second-order valence-corrected chi connectivity index (χ2v) is 23.0. The van der Waals surface area contributed by atoms with Crippen LogP contribution in [-0.4, -0.2) is 6.71 Å². The van der Waals surface area contributed by atoms with E-state index in [0.717, 1.165) is 5.69 Å². The molecule has 2 aliphatic carbocycles. The van der Waals surface area contributed by atoms with Gasteiger partial charge in [0.05, 0.1) is 11.1 Å². The van der Waals surface area contributed by atoms with Crippen molar-refractivity contribution in [2.24, 2.45) is 0 Å². The van der Waals surface area contributed by atoms with E-state index in [1.807, 2.05) is 0 Å². The van der Waals surface area contributed by atoms with Crippen LogP contribution >= 0.6 is 11.3 Å². The molecule has 0 unspecified atom stereocenters. The molecule has 0 saturated heterocycles. The minimum Gasteiger partial charge on any atom is -0.311 e. The number of nitrogens with zero attached hydrogens (tertiary/aromatic N) is 2. The molecular weight excluding hydrogens is 888 g/mol. The maximum atomic E-state index is 2.67. The summed E-state index contributed by atoms with van der Waals surface area (Å²) in [5.74, 6) is 0.394. The van der Waals surface area contributed by atoms with Crippen LogP contribution in [0.4, 0.5) is 34.1 Å². The van der Waals surface area contributed by atoms with Crippen molar-refractivity contribution in [1.29, 1.82) is 0 Å². The fourth-order valence-electron chi connectivity index (χ4n) is 13.0. The Morgan fingerprint density at radius 3 is 1.79 bits per heavy atom. The van der Waals surface area contributed by atoms with Crippen LogP contribution in [0.3, 0.4) is 0 Å². The Kier molecular flexibility index (Phi) is 9.39. The largest absolute Gasteiger partial charge is 0.311 e. The third-order valence-electron chi connectivity index (χ3n) is 16.3. The van der Waals surface area contributed by atoms with Crippen molar-refractivity contribution in [2.75, 3.05) is 9.80 Å². The van der Waals surface area contributed by atoms with Crippen LogP contribution in [0.5, 0.6) is 0 Å². The van der Waals surface area contributed by atoms with Gasteiger partial charge in [-0.25, -0.2) is 0 Å². The van der Waals surface area contributed by atoms with Crippen LogP contribution in [0.15, 0.2) is 200 Å². The Morgan fingerprint density at radius 2 is 1.11 bits per heavy atom. The summed E-state index contributed by atoms with van der Waals surface area (Å²) in [5.41, 5.74) is 29.3. The van der Waals surface area contributed by atoms with Gasteiger partial charge >= 0.3 is 0 Å². The summed E-state index contributed by atoms with van der Waals surface area (Å²) >= 11 is 2.06. The number of benzene rings is 9. The fraction of sp³-hybridized carbons (Fsp3) is 0.147. The third-order valence-corrected chi connectivity index (χ3v) is 17.6. The summed E-state index contributed by atoms with van der Waals surface area (Å²) in [6.45, 7) is 16.1. The van der Waals surface area contributed by atoms with Crippen molar-refractivity contribution in [3.05, 3.63) is 244 Å². The van der Waals surface area contributed by atoms with Gasteiger partial charge in [0.1, 0.15) is 0 Å². The number of aryl methyl sites for hydroxylation is 2. The minimum atomic E-state index is -0.467. The lowest BCUT2D eigenvalue weighted by atomic mass is 9.36. The van der Waals surface area contributed by atoms with Gasteiger partial charge in [0.2, 0.25) is 0 Å². The van der Waals surface area contributed by atoms with Crippen LogP contribution in [-0.2, 0) is 10.8 Å². The van der Waals surface area contributed by atoms with E-state index < -0.39 is 5.41 Å². The molecule has 72 heavy (non-hydrogen) atoms. The fourth-order valence-corrected chi connectivity index (χ4v) is 14.6. The molecule has 0 atom stereocenters. The Balaban J connectivity index is 1.10. The third kappa shape index (κ3) is 6.02. The molecule has 2 nitrogen and oxygen atoms in total. The van der Waals surface area contributed by atoms with Crippen LogP contribution in [0.2, 0.25) is 0 Å². The van der Waals surface area contributed by atoms with E-state index in [1.54, 1.807) is 0 Å². The molecule has 2 aliphatic heterocycles. The second-order valence-electron chi connectivity index (χ2n) is 22.0. The molecular formula is C68H55BN2S. The minimum absolute atomic E-state index is 0.0198. The summed E-state index contributed by atoms with van der Waals surface area (Å²) in [6.07, 6.45) is 0. The molecule has 1 spiro atoms. The van der Waals surface area contributed by atoms with Crippen molar-refractivity contribution in [1.82, 2.24) is 0 Å². The van der Waals surface area contributed by atoms with E-state index in [-0.39, 0.29) is 12.1 Å². The predicted octanol–water partition coefficient (Wildman–Crippen LogP) is 16.5. The van der Waals surface area contributed by atoms with Crippen molar-refractivity contribution in [2.45, 2.75) is 65.2 Å². The molecule has 0 bridgehead atoms. The number of fused-ring (bicyclic) bond motifs is 15. The van der Waals surface area contributed by atoms with Crippen molar-refractivity contribution in [3.63, 3.8) is 0 Å². The summed E-state index contributed by atoms with van der Waals surface area (Å²) in [7, 11) is 0. The van der Waals surface area contributed by atoms with Crippen molar-refractivity contribution >= 4 is 67.9 Å². The molecule has 0 saturated carbocycles. The van der Waals surface area contributed by atoms with Gasteiger partial charge in [-0.3, -0.25) is 0 Å². The predicted molar refractivity (Wildman–Crippen MR) is 308 cm³/mol. The second kappa shape index (κ2) is 15.7. The van der Waals surface area contributed by atoms with E-state index >= 15 is 0 Å². The first-order chi connectivity index (χ1) is 35.0. The van der Waals surface area contributed by atoms with Gasteiger partial charge in [0, 0.05) is 43.7 Å². The molecule has 0 N–H and O–H groups in total. The molecule has 0 radical (unpaired) electrons. The van der Waals surface area contributed by atoms with Gasteiger partial charge < -0.3 is 9.80 Å². The molecule has 10 aromatic rings. The molecule has 346 valence electrons. The zero-order valence-electron chi connectivity index (χ0n) is 42.0. The topological polar surface area (TPSA) is 6.48 Å². The standard InChI is InChI=1S/C68H55BN2S/c1-41(2)45-27-34-50(44-18-10-8-11-19-44)54(39-45)46-28-35-58-59(40-46)70(48-20-12-9-13-21-48)60-37-43(4)38-61-63(60)69(58)66-64(71(61)49-31-29-47(30-32-49)67(5,6)7)62-53-33-26-42(3)36-57(53)68(65(62)72-66)55-24-16-14-22-51(55)52-23-15-17-25-56(52)68/h8-41H,1-7H3. The number of para-hydroxylation sites is 1. The Labute approximate surface area is 429 Å². The number of hydrogen-bond acceptors (Lipinski definition) is 3. The highest BCUT2D eigenvalue weighted by Crippen LogP contribution is 2.67. The van der Waals surface area contributed by atoms with Gasteiger partial charge in [-0.15, -0.1) is 11.3 Å². The highest BCUT2D eigenvalue weighted by atomic mass is 32.1. The lowest BCUT2D eigenvalue weighted by Gasteiger charge is -2.44. The summed E-state index contributed by atoms with van der Waals surface area (Å²) in [5, 5.41) is 0. The first-order valence-electron chi connectivity index (χ1n) is 25.7. The Bertz CT molecular complexity index is 3810. The lowest BCUT2D eigenvalue weighted by Crippen LogP contribution is -2.60. The highest BCUT2D eigenvalue weighted by molar-refractivity contribution is 7.30. The van der Waals surface area contributed by atoms with Crippen LogP contribution in [0.1, 0.15) is 84.4 Å². The molecule has 0 amide bonds. The first kappa shape index (κ1) is 43.2. The van der Waals surface area contributed by atoms with Gasteiger partial charge in [-0.2, -0.15) is 0 Å². The van der Waals surface area contributed by atoms with E-state index in [9.17, 15) is 0 Å². The maximum Gasteiger partial charge on any atom is 0.264 e. The molecule has 14 rings (SSSR count). The zero-order chi connectivity index (χ0) is 48.8. The molecule has 4 aliphatic rings. The molecule has 3 heterocycles. The van der Waals surface area contributed by atoms with E-state index in [0.29, 0.717) is 5.92 Å². The maximum absolute atomic E-state index is 2.67. The van der Waals surface area contributed by atoms with Crippen LogP contribution < -0.4 is 25.5 Å². The smallest absolute Gasteiger partial charge is 0.264 e. The number of anilines is 6. The SMILES string of the molecule is Cc1cc2c3c(c1)N(c1ccc(C(C)(C)C)cc1)c1c(sc4c1-c1ccc(C)cc1C41c4ccccc4-c4ccccc41)B3c1ccc(-c3cc(C(C)C)ccc3-c3ccccc3)cc1N2c1ccccc1. The lowest BCUT2D eigenvalue weighted by molar-refractivity contribution is 0.590. The summed E-state index contributed by atoms with van der Waals surface area (Å²) in [4.78, 5) is 6.67. The van der Waals surface area contributed by atoms with Crippen molar-refractivity contribution in [3.8, 4) is 44.5 Å². The van der Waals surface area contributed by atoms with Crippen LogP contribution in [0, 0.1) is 13.8 Å². The van der Waals surface area contributed by atoms with Gasteiger partial charge in [0.15, 0.2) is 0 Å². The average molecular weight is 943 g/mol. The van der Waals surface area contributed by atoms with E-state index in [1.165, 1.54) is 132 Å².